The molecule has 2 aliphatic rings. The third-order valence-corrected chi connectivity index (χ3v) is 8.04. The quantitative estimate of drug-likeness (QED) is 0.384. The zero-order chi connectivity index (χ0) is 32.2. The molecule has 3 atom stereocenters. The van der Waals surface area contributed by atoms with E-state index in [1.807, 2.05) is 29.2 Å². The second-order valence-electron chi connectivity index (χ2n) is 12.4. The van der Waals surface area contributed by atoms with E-state index in [9.17, 15) is 28.7 Å². The second-order valence-corrected chi connectivity index (χ2v) is 12.4. The summed E-state index contributed by atoms with van der Waals surface area (Å²) < 4.78 is 25.6. The molecule has 238 valence electrons. The van der Waals surface area contributed by atoms with Gasteiger partial charge in [-0.15, -0.1) is 0 Å². The van der Waals surface area contributed by atoms with Crippen molar-refractivity contribution in [3.63, 3.8) is 0 Å². The minimum atomic E-state index is -1.24. The number of aromatic carboxylic acids is 1. The molecule has 2 aromatic carbocycles. The number of nitrogens with zero attached hydrogens (tertiary/aromatic N) is 2. The van der Waals surface area contributed by atoms with Gasteiger partial charge in [0.05, 0.1) is 11.3 Å². The molecule has 0 aromatic heterocycles. The maximum atomic E-state index is 14.6. The third kappa shape index (κ3) is 7.92. The molecule has 0 saturated carbocycles. The highest BCUT2D eigenvalue weighted by Gasteiger charge is 2.39. The van der Waals surface area contributed by atoms with Crippen LogP contribution in [0.2, 0.25) is 0 Å². The smallest absolute Gasteiger partial charge is 0.410 e. The van der Waals surface area contributed by atoms with Crippen molar-refractivity contribution >= 4 is 29.6 Å². The Morgan fingerprint density at radius 3 is 2.48 bits per heavy atom. The predicted molar refractivity (Wildman–Crippen MR) is 161 cm³/mol. The Labute approximate surface area is 256 Å². The van der Waals surface area contributed by atoms with Gasteiger partial charge in [0, 0.05) is 39.4 Å². The van der Waals surface area contributed by atoms with Crippen LogP contribution < -0.4 is 10.6 Å². The molecule has 0 radical (unpaired) electrons. The monoisotopic (exact) mass is 612 g/mol. The van der Waals surface area contributed by atoms with Gasteiger partial charge in [0.1, 0.15) is 23.5 Å². The van der Waals surface area contributed by atoms with E-state index in [1.165, 1.54) is 11.9 Å². The molecule has 0 spiro atoms. The number of anilines is 1. The first-order valence-electron chi connectivity index (χ1n) is 14.7. The third-order valence-electron chi connectivity index (χ3n) is 8.04. The number of rotatable bonds is 9. The van der Waals surface area contributed by atoms with Crippen molar-refractivity contribution in [3.8, 4) is 0 Å². The number of halogens is 1. The molecule has 2 aromatic rings. The summed E-state index contributed by atoms with van der Waals surface area (Å²) in [6, 6.07) is 8.64. The van der Waals surface area contributed by atoms with Gasteiger partial charge in [-0.1, -0.05) is 24.3 Å². The number of hydrogen-bond donors (Lipinski definition) is 3. The molecular weight excluding hydrogens is 571 g/mol. The van der Waals surface area contributed by atoms with Crippen LogP contribution in [0.4, 0.5) is 14.9 Å². The molecule has 3 N–H and O–H groups in total. The van der Waals surface area contributed by atoms with Crippen LogP contribution >= 0.6 is 0 Å². The summed E-state index contributed by atoms with van der Waals surface area (Å²) in [6.45, 7) is 8.66. The van der Waals surface area contributed by atoms with Crippen molar-refractivity contribution < 1.29 is 38.1 Å². The van der Waals surface area contributed by atoms with Gasteiger partial charge in [-0.05, 0) is 75.8 Å². The van der Waals surface area contributed by atoms with Crippen molar-refractivity contribution in [2.45, 2.75) is 70.8 Å². The van der Waals surface area contributed by atoms with E-state index in [0.29, 0.717) is 39.1 Å². The molecule has 0 unspecified atom stereocenters. The summed E-state index contributed by atoms with van der Waals surface area (Å²) in [5.74, 6) is -2.83. The molecule has 4 rings (SSSR count). The second kappa shape index (κ2) is 13.7. The SMILES string of the molecule is C[C@@H](C(=O)N[C@H](CN1Cc2ccccc2[C@H]1C(=O)Nc1cc(C(=O)O)ccc1F)C1CCOCC1)N(C)C(=O)OC(C)(C)C. The van der Waals surface area contributed by atoms with E-state index in [-0.39, 0.29) is 23.1 Å². The van der Waals surface area contributed by atoms with Gasteiger partial charge in [-0.3, -0.25) is 19.4 Å². The van der Waals surface area contributed by atoms with Crippen molar-refractivity contribution in [1.82, 2.24) is 15.1 Å². The van der Waals surface area contributed by atoms with E-state index in [2.05, 4.69) is 10.6 Å². The fraction of sp³-hybridized carbons (Fsp3) is 0.500. The Kier molecular flexibility index (Phi) is 10.3. The fourth-order valence-corrected chi connectivity index (χ4v) is 5.54. The number of benzene rings is 2. The van der Waals surface area contributed by atoms with E-state index < -0.39 is 47.5 Å². The average molecular weight is 613 g/mol. The lowest BCUT2D eigenvalue weighted by Crippen LogP contribution is -2.55. The van der Waals surface area contributed by atoms with Crippen molar-refractivity contribution in [2.24, 2.45) is 5.92 Å². The number of fused-ring (bicyclic) bond motifs is 1. The maximum Gasteiger partial charge on any atom is 0.410 e. The molecule has 0 aliphatic carbocycles. The normalized spacial score (nSPS) is 18.5. The number of hydrogen-bond acceptors (Lipinski definition) is 7. The number of carboxylic acid groups (broad SMARTS) is 1. The van der Waals surface area contributed by atoms with Crippen LogP contribution in [-0.2, 0) is 25.6 Å². The Balaban J connectivity index is 1.57. The van der Waals surface area contributed by atoms with Crippen LogP contribution in [0.3, 0.4) is 0 Å². The Bertz CT molecular complexity index is 1390. The van der Waals surface area contributed by atoms with Gasteiger partial charge in [-0.2, -0.15) is 0 Å². The van der Waals surface area contributed by atoms with Gasteiger partial charge in [-0.25, -0.2) is 14.0 Å². The zero-order valence-electron chi connectivity index (χ0n) is 25.8. The topological polar surface area (TPSA) is 138 Å². The number of amides is 3. The Morgan fingerprint density at radius 1 is 1.14 bits per heavy atom. The summed E-state index contributed by atoms with van der Waals surface area (Å²) in [4.78, 5) is 54.5. The molecule has 0 bridgehead atoms. The van der Waals surface area contributed by atoms with E-state index in [1.54, 1.807) is 27.7 Å². The first-order valence-corrected chi connectivity index (χ1v) is 14.7. The minimum Gasteiger partial charge on any atom is -0.478 e. The minimum absolute atomic E-state index is 0.0452. The molecule has 2 heterocycles. The number of carboxylic acids is 1. The Morgan fingerprint density at radius 2 is 1.82 bits per heavy atom. The molecule has 3 amide bonds. The summed E-state index contributed by atoms with van der Waals surface area (Å²) in [7, 11) is 1.51. The molecule has 1 fully saturated rings. The number of carbonyl (C=O) groups excluding carboxylic acids is 3. The average Bonchev–Trinajstić information content (AvgIpc) is 3.34. The maximum absolute atomic E-state index is 14.6. The van der Waals surface area contributed by atoms with Crippen LogP contribution in [-0.4, -0.2) is 83.3 Å². The van der Waals surface area contributed by atoms with Crippen molar-refractivity contribution in [3.05, 3.63) is 65.0 Å². The standard InChI is InChI=1S/C32H41FN4O7/c1-19(36(5)31(42)44-32(2,3)4)28(38)35-26(20-12-14-43-15-13-20)18-37-17-22-8-6-7-9-23(22)27(37)29(39)34-25-16-21(30(40)41)10-11-24(25)33/h6-11,16,19-20,26-27H,12-15,17-18H2,1-5H3,(H,34,39)(H,35,38)(H,40,41)/t19-,26+,27-/m0/s1. The summed E-state index contributed by atoms with van der Waals surface area (Å²) >= 11 is 0. The highest BCUT2D eigenvalue weighted by Crippen LogP contribution is 2.36. The molecule has 12 heteroatoms. The number of carbonyl (C=O) groups is 4. The number of nitrogens with one attached hydrogen (secondary N) is 2. The van der Waals surface area contributed by atoms with Crippen molar-refractivity contribution in [2.75, 3.05) is 32.1 Å². The van der Waals surface area contributed by atoms with Gasteiger partial charge in [0.15, 0.2) is 0 Å². The van der Waals surface area contributed by atoms with E-state index >= 15 is 0 Å². The van der Waals surface area contributed by atoms with E-state index in [0.717, 1.165) is 29.3 Å². The van der Waals surface area contributed by atoms with Crippen LogP contribution in [0, 0.1) is 11.7 Å². The molecule has 2 aliphatic heterocycles. The van der Waals surface area contributed by atoms with Gasteiger partial charge in [0.25, 0.3) is 0 Å². The van der Waals surface area contributed by atoms with Crippen LogP contribution in [0.25, 0.3) is 0 Å². The summed E-state index contributed by atoms with van der Waals surface area (Å²) in [5, 5.41) is 15.1. The van der Waals surface area contributed by atoms with Gasteiger partial charge < -0.3 is 25.2 Å². The van der Waals surface area contributed by atoms with Gasteiger partial charge in [0.2, 0.25) is 11.8 Å². The van der Waals surface area contributed by atoms with Crippen molar-refractivity contribution in [1.29, 1.82) is 0 Å². The lowest BCUT2D eigenvalue weighted by Gasteiger charge is -2.36. The summed E-state index contributed by atoms with van der Waals surface area (Å²) in [5.41, 5.74) is 0.563. The lowest BCUT2D eigenvalue weighted by molar-refractivity contribution is -0.127. The highest BCUT2D eigenvalue weighted by molar-refractivity contribution is 5.98. The largest absolute Gasteiger partial charge is 0.478 e. The van der Waals surface area contributed by atoms with Crippen LogP contribution in [0.1, 0.15) is 68.1 Å². The van der Waals surface area contributed by atoms with E-state index in [4.69, 9.17) is 9.47 Å². The highest BCUT2D eigenvalue weighted by atomic mass is 19.1. The predicted octanol–water partition coefficient (Wildman–Crippen LogP) is 4.19. The number of likely N-dealkylation sites (N-methyl/N-ethyl adjacent to an activating group) is 1. The number of ether oxygens (including phenoxy) is 2. The van der Waals surface area contributed by atoms with Crippen LogP contribution in [0.15, 0.2) is 42.5 Å². The first-order chi connectivity index (χ1) is 20.7. The molecular formula is C32H41FN4O7. The zero-order valence-corrected chi connectivity index (χ0v) is 25.8. The lowest BCUT2D eigenvalue weighted by atomic mass is 9.90. The van der Waals surface area contributed by atoms with Crippen LogP contribution in [0.5, 0.6) is 0 Å². The fourth-order valence-electron chi connectivity index (χ4n) is 5.54. The van der Waals surface area contributed by atoms with Gasteiger partial charge >= 0.3 is 12.1 Å². The molecule has 44 heavy (non-hydrogen) atoms. The summed E-state index contributed by atoms with van der Waals surface area (Å²) in [6.07, 6.45) is 0.784. The molecule has 11 nitrogen and oxygen atoms in total. The Hall–Kier alpha value is -4.03. The first kappa shape index (κ1) is 32.9. The molecule has 1 saturated heterocycles.